The minimum absolute atomic E-state index is 0.0396. The number of anilines is 4. The highest BCUT2D eigenvalue weighted by Crippen LogP contribution is 2.32. The fraction of sp³-hybridized carbons (Fsp3) is 0.500. The molecule has 0 aliphatic carbocycles. The van der Waals surface area contributed by atoms with E-state index in [1.54, 1.807) is 18.3 Å². The van der Waals surface area contributed by atoms with E-state index in [4.69, 9.17) is 17.3 Å². The van der Waals surface area contributed by atoms with E-state index in [0.717, 1.165) is 13.0 Å². The molecule has 0 saturated carbocycles. The van der Waals surface area contributed by atoms with Gasteiger partial charge >= 0.3 is 0 Å². The Kier molecular flexibility index (Phi) is 6.50. The van der Waals surface area contributed by atoms with Crippen LogP contribution in [0.15, 0.2) is 18.3 Å². The van der Waals surface area contributed by atoms with Crippen LogP contribution in [0.2, 0.25) is 5.02 Å². The molecule has 3 rings (SSSR count). The smallest absolute Gasteiger partial charge is 0.227 e. The number of halogens is 1. The molecule has 10 heteroatoms. The van der Waals surface area contributed by atoms with Crippen molar-refractivity contribution in [3.05, 3.63) is 29.0 Å². The van der Waals surface area contributed by atoms with Crippen LogP contribution in [0.1, 0.15) is 39.8 Å². The van der Waals surface area contributed by atoms with Crippen LogP contribution < -0.4 is 26.6 Å². The molecule has 0 spiro atoms. The van der Waals surface area contributed by atoms with Crippen LogP contribution in [-0.4, -0.2) is 45.5 Å². The van der Waals surface area contributed by atoms with Crippen LogP contribution in [0.25, 0.3) is 0 Å². The van der Waals surface area contributed by atoms with Crippen LogP contribution in [0.4, 0.5) is 23.3 Å². The lowest BCUT2D eigenvalue weighted by molar-refractivity contribution is -0.119. The van der Waals surface area contributed by atoms with Gasteiger partial charge in [0.15, 0.2) is 11.6 Å². The molecule has 0 radical (unpaired) electrons. The second-order valence-corrected chi connectivity index (χ2v) is 8.83. The van der Waals surface area contributed by atoms with Gasteiger partial charge in [-0.1, -0.05) is 11.6 Å². The van der Waals surface area contributed by atoms with Gasteiger partial charge in [-0.15, -0.1) is 0 Å². The summed E-state index contributed by atoms with van der Waals surface area (Å²) in [6.45, 7) is 9.40. The number of nitrogen functional groups attached to an aromatic ring is 1. The molecule has 1 aliphatic heterocycles. The van der Waals surface area contributed by atoms with Crippen molar-refractivity contribution in [2.24, 2.45) is 0 Å². The van der Waals surface area contributed by atoms with Crippen molar-refractivity contribution in [1.82, 2.24) is 20.3 Å². The molecule has 1 atom stereocenters. The van der Waals surface area contributed by atoms with Crippen molar-refractivity contribution < 1.29 is 4.79 Å². The van der Waals surface area contributed by atoms with Gasteiger partial charge in [-0.25, -0.2) is 0 Å². The van der Waals surface area contributed by atoms with Crippen LogP contribution in [-0.2, 0) is 11.3 Å². The summed E-state index contributed by atoms with van der Waals surface area (Å²) in [5, 5.41) is 10.1. The summed E-state index contributed by atoms with van der Waals surface area (Å²) < 4.78 is 0. The number of nitrogens with zero attached hydrogens (tertiary/aromatic N) is 4. The summed E-state index contributed by atoms with van der Waals surface area (Å²) in [6, 6.07) is 3.65. The molecule has 162 valence electrons. The predicted molar refractivity (Wildman–Crippen MR) is 121 cm³/mol. The molecule has 0 aromatic carbocycles. The highest BCUT2D eigenvalue weighted by atomic mass is 35.5. The monoisotopic (exact) mass is 432 g/mol. The van der Waals surface area contributed by atoms with E-state index in [0.29, 0.717) is 47.1 Å². The van der Waals surface area contributed by atoms with E-state index in [-0.39, 0.29) is 17.5 Å². The molecule has 30 heavy (non-hydrogen) atoms. The van der Waals surface area contributed by atoms with Gasteiger partial charge in [0.05, 0.1) is 17.3 Å². The summed E-state index contributed by atoms with van der Waals surface area (Å²) in [5.41, 5.74) is 7.38. The zero-order valence-electron chi connectivity index (χ0n) is 17.8. The van der Waals surface area contributed by atoms with E-state index in [2.05, 4.69) is 35.8 Å². The van der Waals surface area contributed by atoms with Crippen LogP contribution in [0.5, 0.6) is 0 Å². The Morgan fingerprint density at radius 3 is 2.80 bits per heavy atom. The molecule has 3 heterocycles. The molecule has 2 aromatic rings. The van der Waals surface area contributed by atoms with Gasteiger partial charge in [0, 0.05) is 37.8 Å². The van der Waals surface area contributed by atoms with E-state index in [9.17, 15) is 4.79 Å². The molecule has 9 nitrogen and oxygen atoms in total. The average molecular weight is 433 g/mol. The number of aromatic nitrogens is 3. The second kappa shape index (κ2) is 8.91. The van der Waals surface area contributed by atoms with Gasteiger partial charge in [-0.2, -0.15) is 9.97 Å². The Hall–Kier alpha value is -2.81. The van der Waals surface area contributed by atoms with E-state index in [1.807, 2.05) is 20.8 Å². The van der Waals surface area contributed by atoms with Crippen molar-refractivity contribution in [2.75, 3.05) is 34.4 Å². The minimum Gasteiger partial charge on any atom is -0.393 e. The molecular weight excluding hydrogens is 404 g/mol. The largest absolute Gasteiger partial charge is 0.393 e. The SMILES string of the molecule is CC(=O)NC1CCN(c2nc(NC(C)(C)C)nc(NCc3ncccc3Cl)c2N)C1. The van der Waals surface area contributed by atoms with Crippen LogP contribution in [0, 0.1) is 0 Å². The Morgan fingerprint density at radius 1 is 1.37 bits per heavy atom. The molecule has 1 aliphatic rings. The first-order chi connectivity index (χ1) is 14.1. The summed E-state index contributed by atoms with van der Waals surface area (Å²) >= 11 is 6.22. The van der Waals surface area contributed by atoms with E-state index < -0.39 is 0 Å². The third kappa shape index (κ3) is 5.63. The lowest BCUT2D eigenvalue weighted by atomic mass is 10.1. The van der Waals surface area contributed by atoms with E-state index in [1.165, 1.54) is 6.92 Å². The van der Waals surface area contributed by atoms with Gasteiger partial charge in [-0.3, -0.25) is 9.78 Å². The third-order valence-electron chi connectivity index (χ3n) is 4.57. The van der Waals surface area contributed by atoms with Crippen LogP contribution in [0.3, 0.4) is 0 Å². The first-order valence-corrected chi connectivity index (χ1v) is 10.3. The predicted octanol–water partition coefficient (Wildman–Crippen LogP) is 2.64. The summed E-state index contributed by atoms with van der Waals surface area (Å²) in [4.78, 5) is 27.0. The van der Waals surface area contributed by atoms with Crippen molar-refractivity contribution in [2.45, 2.75) is 52.2 Å². The molecule has 0 bridgehead atoms. The fourth-order valence-corrected chi connectivity index (χ4v) is 3.49. The maximum absolute atomic E-state index is 11.4. The molecule has 5 N–H and O–H groups in total. The van der Waals surface area contributed by atoms with Gasteiger partial charge in [-0.05, 0) is 39.3 Å². The quantitative estimate of drug-likeness (QED) is 0.549. The molecule has 2 aromatic heterocycles. The number of pyridine rings is 1. The standard InChI is InChI=1S/C20H29ClN8O/c1-12(30)25-13-7-9-29(11-13)18-16(22)17(26-19(27-18)28-20(2,3)4)24-10-15-14(21)6-5-8-23-15/h5-6,8,13H,7,9-11,22H2,1-4H3,(H,25,30)(H2,24,26,27,28). The minimum atomic E-state index is -0.224. The Bertz CT molecular complexity index is 914. The van der Waals surface area contributed by atoms with Crippen LogP contribution >= 0.6 is 11.6 Å². The zero-order chi connectivity index (χ0) is 21.9. The lowest BCUT2D eigenvalue weighted by Crippen LogP contribution is -2.36. The normalized spacial score (nSPS) is 16.4. The number of nitrogens with two attached hydrogens (primary N) is 1. The van der Waals surface area contributed by atoms with Gasteiger partial charge in [0.2, 0.25) is 11.9 Å². The zero-order valence-corrected chi connectivity index (χ0v) is 18.5. The van der Waals surface area contributed by atoms with Crippen molar-refractivity contribution in [1.29, 1.82) is 0 Å². The van der Waals surface area contributed by atoms with Gasteiger partial charge in [0.1, 0.15) is 5.69 Å². The third-order valence-corrected chi connectivity index (χ3v) is 4.91. The Labute approximate surface area is 181 Å². The van der Waals surface area contributed by atoms with Crippen molar-refractivity contribution >= 4 is 40.8 Å². The van der Waals surface area contributed by atoms with Crippen molar-refractivity contribution in [3.8, 4) is 0 Å². The molecule has 1 saturated heterocycles. The maximum atomic E-state index is 11.4. The topological polar surface area (TPSA) is 121 Å². The van der Waals surface area contributed by atoms with Gasteiger partial charge < -0.3 is 26.6 Å². The number of amides is 1. The first-order valence-electron chi connectivity index (χ1n) is 9.93. The first kappa shape index (κ1) is 21.9. The maximum Gasteiger partial charge on any atom is 0.227 e. The van der Waals surface area contributed by atoms with Gasteiger partial charge in [0.25, 0.3) is 0 Å². The number of carbonyl (C=O) groups excluding carboxylic acids is 1. The number of nitrogens with one attached hydrogen (secondary N) is 3. The number of hydrogen-bond donors (Lipinski definition) is 4. The van der Waals surface area contributed by atoms with E-state index >= 15 is 0 Å². The lowest BCUT2D eigenvalue weighted by Gasteiger charge is -2.25. The van der Waals surface area contributed by atoms with Crippen molar-refractivity contribution in [3.63, 3.8) is 0 Å². The molecule has 1 amide bonds. The highest BCUT2D eigenvalue weighted by molar-refractivity contribution is 6.31. The number of rotatable bonds is 6. The number of carbonyl (C=O) groups is 1. The molecular formula is C20H29ClN8O. The Morgan fingerprint density at radius 2 is 2.13 bits per heavy atom. The Balaban J connectivity index is 1.88. The fourth-order valence-electron chi connectivity index (χ4n) is 3.30. The average Bonchev–Trinajstić information content (AvgIpc) is 3.09. The highest BCUT2D eigenvalue weighted by Gasteiger charge is 2.27. The second-order valence-electron chi connectivity index (χ2n) is 8.43. The summed E-state index contributed by atoms with van der Waals surface area (Å²) in [7, 11) is 0. The summed E-state index contributed by atoms with van der Waals surface area (Å²) in [5.74, 6) is 1.59. The summed E-state index contributed by atoms with van der Waals surface area (Å²) in [6.07, 6.45) is 2.52. The molecule has 1 fully saturated rings. The molecule has 1 unspecified atom stereocenters. The number of hydrogen-bond acceptors (Lipinski definition) is 8.